The summed E-state index contributed by atoms with van der Waals surface area (Å²) >= 11 is 0. The lowest BCUT2D eigenvalue weighted by Gasteiger charge is -2.12. The van der Waals surface area contributed by atoms with Gasteiger partial charge >= 0.3 is 11.9 Å². The van der Waals surface area contributed by atoms with Crippen molar-refractivity contribution in [2.24, 2.45) is 0 Å². The van der Waals surface area contributed by atoms with Crippen LogP contribution in [0.4, 0.5) is 0 Å². The number of methoxy groups -OCH3 is 1. The third kappa shape index (κ3) is 4.54. The predicted molar refractivity (Wildman–Crippen MR) is 74.2 cm³/mol. The first-order valence-electron chi connectivity index (χ1n) is 6.19. The number of esters is 2. The molecule has 21 heavy (non-hydrogen) atoms. The Hall–Kier alpha value is -1.93. The van der Waals surface area contributed by atoms with Crippen LogP contribution < -0.4 is 4.72 Å². The molecule has 0 aliphatic rings. The van der Waals surface area contributed by atoms with Crippen molar-refractivity contribution >= 4 is 22.0 Å². The zero-order valence-electron chi connectivity index (χ0n) is 12.0. The number of hydrogen-bond acceptors (Lipinski definition) is 6. The molecule has 1 N–H and O–H groups in total. The smallest absolute Gasteiger partial charge is 0.338 e. The first kappa shape index (κ1) is 17.1. The molecule has 0 spiro atoms. The molecule has 7 nitrogen and oxygen atoms in total. The summed E-state index contributed by atoms with van der Waals surface area (Å²) in [5.41, 5.74) is 0.247. The number of nitrogens with one attached hydrogen (secondary N) is 1. The highest BCUT2D eigenvalue weighted by atomic mass is 32.2. The number of carbonyl (C=O) groups excluding carboxylic acids is 2. The molecule has 0 saturated heterocycles. The van der Waals surface area contributed by atoms with Gasteiger partial charge in [-0.25, -0.2) is 13.2 Å². The van der Waals surface area contributed by atoms with E-state index in [1.54, 1.807) is 6.92 Å². The maximum absolute atomic E-state index is 12.0. The summed E-state index contributed by atoms with van der Waals surface area (Å²) in [6.07, 6.45) is 0. The van der Waals surface area contributed by atoms with Gasteiger partial charge in [0.2, 0.25) is 10.0 Å². The molecule has 0 fully saturated rings. The lowest BCUT2D eigenvalue weighted by Crippen LogP contribution is -2.39. The van der Waals surface area contributed by atoms with Gasteiger partial charge in [0, 0.05) is 0 Å². The predicted octanol–water partition coefficient (Wildman–Crippen LogP) is 0.703. The molecule has 1 aromatic carbocycles. The Labute approximate surface area is 123 Å². The highest BCUT2D eigenvalue weighted by molar-refractivity contribution is 7.89. The molecule has 0 bridgehead atoms. The van der Waals surface area contributed by atoms with Gasteiger partial charge in [0.25, 0.3) is 0 Å². The molecule has 0 amide bonds. The third-order valence-corrected chi connectivity index (χ3v) is 4.12. The second-order valence-corrected chi connectivity index (χ2v) is 5.82. The van der Waals surface area contributed by atoms with E-state index in [0.29, 0.717) is 0 Å². The molecule has 116 valence electrons. The molecular weight excluding hydrogens is 298 g/mol. The summed E-state index contributed by atoms with van der Waals surface area (Å²) in [7, 11) is -2.70. The van der Waals surface area contributed by atoms with Crippen LogP contribution in [-0.4, -0.2) is 40.1 Å². The van der Waals surface area contributed by atoms with E-state index in [9.17, 15) is 18.0 Å². The molecule has 0 saturated carbocycles. The van der Waals surface area contributed by atoms with Crippen LogP contribution in [0.3, 0.4) is 0 Å². The fourth-order valence-corrected chi connectivity index (χ4v) is 2.70. The minimum atomic E-state index is -3.87. The molecule has 0 heterocycles. The standard InChI is InChI=1S/C13H17NO6S/c1-4-20-13(16)10-5-7-11(8-6-10)21(17,18)14-9(2)12(15)19-3/h5-9,14H,4H2,1-3H3. The number of ether oxygens (including phenoxy) is 2. The SMILES string of the molecule is CCOC(=O)c1ccc(S(=O)(=O)NC(C)C(=O)OC)cc1. The molecule has 0 radical (unpaired) electrons. The first-order chi connectivity index (χ1) is 9.81. The minimum absolute atomic E-state index is 0.0636. The highest BCUT2D eigenvalue weighted by Gasteiger charge is 2.22. The van der Waals surface area contributed by atoms with E-state index in [-0.39, 0.29) is 17.1 Å². The minimum Gasteiger partial charge on any atom is -0.468 e. The largest absolute Gasteiger partial charge is 0.468 e. The molecular formula is C13H17NO6S. The average molecular weight is 315 g/mol. The molecule has 0 aliphatic heterocycles. The fourth-order valence-electron chi connectivity index (χ4n) is 1.51. The van der Waals surface area contributed by atoms with Gasteiger partial charge in [-0.2, -0.15) is 4.72 Å². The van der Waals surface area contributed by atoms with Gasteiger partial charge in [-0.15, -0.1) is 0 Å². The number of benzene rings is 1. The number of carbonyl (C=O) groups is 2. The third-order valence-electron chi connectivity index (χ3n) is 2.56. The second kappa shape index (κ2) is 7.19. The molecule has 1 atom stereocenters. The van der Waals surface area contributed by atoms with Gasteiger partial charge in [-0.3, -0.25) is 4.79 Å². The summed E-state index contributed by atoms with van der Waals surface area (Å²) in [5.74, 6) is -1.22. The van der Waals surface area contributed by atoms with Crippen molar-refractivity contribution < 1.29 is 27.5 Å². The number of rotatable bonds is 6. The summed E-state index contributed by atoms with van der Waals surface area (Å²) in [4.78, 5) is 22.6. The zero-order chi connectivity index (χ0) is 16.0. The van der Waals surface area contributed by atoms with Gasteiger partial charge in [0.15, 0.2) is 0 Å². The molecule has 1 rings (SSSR count). The van der Waals surface area contributed by atoms with Crippen molar-refractivity contribution in [1.29, 1.82) is 0 Å². The van der Waals surface area contributed by atoms with Crippen LogP contribution in [0, 0.1) is 0 Å². The Balaban J connectivity index is 2.90. The molecule has 1 aromatic rings. The summed E-state index contributed by atoms with van der Waals surface area (Å²) in [6.45, 7) is 3.28. The lowest BCUT2D eigenvalue weighted by molar-refractivity contribution is -0.142. The molecule has 0 aromatic heterocycles. The van der Waals surface area contributed by atoms with Crippen molar-refractivity contribution in [3.63, 3.8) is 0 Å². The number of hydrogen-bond donors (Lipinski definition) is 1. The van der Waals surface area contributed by atoms with Crippen LogP contribution in [0.2, 0.25) is 0 Å². The second-order valence-electron chi connectivity index (χ2n) is 4.11. The lowest BCUT2D eigenvalue weighted by atomic mass is 10.2. The van der Waals surface area contributed by atoms with E-state index in [1.165, 1.54) is 38.3 Å². The van der Waals surface area contributed by atoms with Gasteiger partial charge in [-0.05, 0) is 38.1 Å². The molecule has 8 heteroatoms. The monoisotopic (exact) mass is 315 g/mol. The van der Waals surface area contributed by atoms with Crippen LogP contribution in [0.5, 0.6) is 0 Å². The van der Waals surface area contributed by atoms with Gasteiger partial charge in [0.05, 0.1) is 24.2 Å². The van der Waals surface area contributed by atoms with Crippen molar-refractivity contribution in [2.45, 2.75) is 24.8 Å². The van der Waals surface area contributed by atoms with Gasteiger partial charge in [-0.1, -0.05) is 0 Å². The Morgan fingerprint density at radius 3 is 2.29 bits per heavy atom. The van der Waals surface area contributed by atoms with E-state index in [4.69, 9.17) is 4.74 Å². The van der Waals surface area contributed by atoms with Gasteiger partial charge in [0.1, 0.15) is 6.04 Å². The van der Waals surface area contributed by atoms with E-state index in [1.807, 2.05) is 0 Å². The average Bonchev–Trinajstić information content (AvgIpc) is 2.46. The van der Waals surface area contributed by atoms with Crippen LogP contribution in [0.15, 0.2) is 29.2 Å². The van der Waals surface area contributed by atoms with Crippen molar-refractivity contribution in [1.82, 2.24) is 4.72 Å². The van der Waals surface area contributed by atoms with Crippen LogP contribution >= 0.6 is 0 Å². The van der Waals surface area contributed by atoms with E-state index in [0.717, 1.165) is 0 Å². The highest BCUT2D eigenvalue weighted by Crippen LogP contribution is 2.12. The molecule has 0 aliphatic carbocycles. The summed E-state index contributed by atoms with van der Waals surface area (Å²) in [6, 6.07) is 4.20. The van der Waals surface area contributed by atoms with Crippen LogP contribution in [0.1, 0.15) is 24.2 Å². The van der Waals surface area contributed by atoms with Gasteiger partial charge < -0.3 is 9.47 Å². The Morgan fingerprint density at radius 2 is 1.81 bits per heavy atom. The first-order valence-corrected chi connectivity index (χ1v) is 7.67. The molecule has 1 unspecified atom stereocenters. The van der Waals surface area contributed by atoms with Crippen molar-refractivity contribution in [3.05, 3.63) is 29.8 Å². The van der Waals surface area contributed by atoms with E-state index < -0.39 is 28.0 Å². The van der Waals surface area contributed by atoms with Crippen molar-refractivity contribution in [3.8, 4) is 0 Å². The Bertz CT molecular complexity index is 608. The Morgan fingerprint density at radius 1 is 1.24 bits per heavy atom. The van der Waals surface area contributed by atoms with Crippen LogP contribution in [-0.2, 0) is 24.3 Å². The Kier molecular flexibility index (Phi) is 5.86. The normalized spacial score (nSPS) is 12.5. The maximum Gasteiger partial charge on any atom is 0.338 e. The topological polar surface area (TPSA) is 98.8 Å². The summed E-state index contributed by atoms with van der Waals surface area (Å²) < 4.78 is 35.5. The number of sulfonamides is 1. The van der Waals surface area contributed by atoms with E-state index >= 15 is 0 Å². The summed E-state index contributed by atoms with van der Waals surface area (Å²) in [5, 5.41) is 0. The quantitative estimate of drug-likeness (QED) is 0.776. The van der Waals surface area contributed by atoms with E-state index in [2.05, 4.69) is 9.46 Å². The van der Waals surface area contributed by atoms with Crippen LogP contribution in [0.25, 0.3) is 0 Å². The maximum atomic E-state index is 12.0. The fraction of sp³-hybridized carbons (Fsp3) is 0.385. The zero-order valence-corrected chi connectivity index (χ0v) is 12.8. The van der Waals surface area contributed by atoms with Crippen molar-refractivity contribution in [2.75, 3.05) is 13.7 Å².